The third-order valence-corrected chi connectivity index (χ3v) is 4.06. The lowest BCUT2D eigenvalue weighted by Crippen LogP contribution is -2.09. The molecule has 6 heteroatoms. The second-order valence-electron chi connectivity index (χ2n) is 4.00. The van der Waals surface area contributed by atoms with Crippen LogP contribution < -0.4 is 4.18 Å². The lowest BCUT2D eigenvalue weighted by atomic mass is 10.2. The third-order valence-electron chi connectivity index (χ3n) is 2.33. The zero-order valence-corrected chi connectivity index (χ0v) is 12.4. The topological polar surface area (TPSA) is 63.6 Å². The lowest BCUT2D eigenvalue weighted by Gasteiger charge is -2.08. The quantitative estimate of drug-likeness (QED) is 0.869. The summed E-state index contributed by atoms with van der Waals surface area (Å²) < 4.78 is 29.7. The van der Waals surface area contributed by atoms with Gasteiger partial charge < -0.3 is 9.29 Å². The summed E-state index contributed by atoms with van der Waals surface area (Å²) in [5.41, 5.74) is 0.708. The summed E-state index contributed by atoms with van der Waals surface area (Å²) in [6.45, 7) is 1.73. The second kappa shape index (κ2) is 5.22. The van der Waals surface area contributed by atoms with Crippen molar-refractivity contribution in [2.24, 2.45) is 0 Å². The number of aryl methyl sites for hydroxylation is 1. The first-order valence-electron chi connectivity index (χ1n) is 5.37. The zero-order chi connectivity index (χ0) is 14.0. The molecule has 0 saturated carbocycles. The number of benzene rings is 2. The van der Waals surface area contributed by atoms with Crippen molar-refractivity contribution >= 4 is 26.0 Å². The van der Waals surface area contributed by atoms with Gasteiger partial charge in [0.25, 0.3) is 0 Å². The van der Waals surface area contributed by atoms with Crippen molar-refractivity contribution in [3.8, 4) is 11.5 Å². The van der Waals surface area contributed by atoms with E-state index in [1.54, 1.807) is 19.1 Å². The van der Waals surface area contributed by atoms with Crippen LogP contribution >= 0.6 is 15.9 Å². The van der Waals surface area contributed by atoms with Crippen molar-refractivity contribution in [1.29, 1.82) is 0 Å². The zero-order valence-electron chi connectivity index (χ0n) is 10.00. The lowest BCUT2D eigenvalue weighted by molar-refractivity contribution is 0.463. The van der Waals surface area contributed by atoms with E-state index in [1.807, 2.05) is 0 Å². The first-order valence-corrected chi connectivity index (χ1v) is 7.58. The highest BCUT2D eigenvalue weighted by Gasteiger charge is 2.17. The van der Waals surface area contributed by atoms with E-state index in [2.05, 4.69) is 15.9 Å². The Morgan fingerprint density at radius 2 is 1.89 bits per heavy atom. The molecule has 0 saturated heterocycles. The Hall–Kier alpha value is -1.53. The van der Waals surface area contributed by atoms with Crippen LogP contribution in [0.4, 0.5) is 0 Å². The van der Waals surface area contributed by atoms with Gasteiger partial charge in [-0.2, -0.15) is 8.42 Å². The largest absolute Gasteiger partial charge is 0.508 e. The van der Waals surface area contributed by atoms with Crippen molar-refractivity contribution < 1.29 is 17.7 Å². The Labute approximate surface area is 119 Å². The molecule has 0 aliphatic carbocycles. The third kappa shape index (κ3) is 3.48. The average molecular weight is 343 g/mol. The number of hydrogen-bond acceptors (Lipinski definition) is 4. The molecule has 19 heavy (non-hydrogen) atoms. The van der Waals surface area contributed by atoms with E-state index in [9.17, 15) is 13.5 Å². The van der Waals surface area contributed by atoms with Crippen molar-refractivity contribution in [3.63, 3.8) is 0 Å². The minimum absolute atomic E-state index is 0.0422. The molecule has 100 valence electrons. The fourth-order valence-electron chi connectivity index (χ4n) is 1.57. The maximum atomic E-state index is 12.1. The minimum atomic E-state index is -3.91. The van der Waals surface area contributed by atoms with Gasteiger partial charge in [0.1, 0.15) is 16.4 Å². The molecule has 2 rings (SSSR count). The highest BCUT2D eigenvalue weighted by Crippen LogP contribution is 2.25. The molecule has 4 nitrogen and oxygen atoms in total. The van der Waals surface area contributed by atoms with Gasteiger partial charge in [-0.05, 0) is 42.8 Å². The Bertz CT molecular complexity index is 690. The summed E-state index contributed by atoms with van der Waals surface area (Å²) in [4.78, 5) is 0.0443. The molecule has 0 bridgehead atoms. The molecule has 0 fully saturated rings. The van der Waals surface area contributed by atoms with Crippen LogP contribution in [-0.4, -0.2) is 13.5 Å². The number of aromatic hydroxyl groups is 1. The van der Waals surface area contributed by atoms with Crippen LogP contribution in [0.5, 0.6) is 11.5 Å². The Morgan fingerprint density at radius 3 is 2.53 bits per heavy atom. The molecule has 0 aromatic heterocycles. The van der Waals surface area contributed by atoms with Gasteiger partial charge in [0.05, 0.1) is 0 Å². The summed E-state index contributed by atoms with van der Waals surface area (Å²) in [6, 6.07) is 10.5. The van der Waals surface area contributed by atoms with Gasteiger partial charge in [0.15, 0.2) is 0 Å². The van der Waals surface area contributed by atoms with Gasteiger partial charge in [-0.3, -0.25) is 0 Å². The molecule has 2 aromatic carbocycles. The molecule has 0 heterocycles. The SMILES string of the molecule is Cc1cc(O)cc(OS(=O)(=O)c2cccc(Br)c2)c1. The van der Waals surface area contributed by atoms with E-state index in [0.29, 0.717) is 10.0 Å². The minimum Gasteiger partial charge on any atom is -0.508 e. The van der Waals surface area contributed by atoms with E-state index < -0.39 is 10.1 Å². The van der Waals surface area contributed by atoms with Crippen molar-refractivity contribution in [2.45, 2.75) is 11.8 Å². The van der Waals surface area contributed by atoms with E-state index in [1.165, 1.54) is 30.3 Å². The number of phenols is 1. The monoisotopic (exact) mass is 342 g/mol. The molecule has 0 radical (unpaired) electrons. The van der Waals surface area contributed by atoms with Crippen LogP contribution in [0.15, 0.2) is 51.8 Å². The number of halogens is 1. The highest BCUT2D eigenvalue weighted by molar-refractivity contribution is 9.10. The summed E-state index contributed by atoms with van der Waals surface area (Å²) in [6.07, 6.45) is 0. The van der Waals surface area contributed by atoms with E-state index >= 15 is 0 Å². The number of hydrogen-bond donors (Lipinski definition) is 1. The van der Waals surface area contributed by atoms with Crippen LogP contribution in [-0.2, 0) is 10.1 Å². The van der Waals surface area contributed by atoms with Crippen LogP contribution in [0.1, 0.15) is 5.56 Å². The van der Waals surface area contributed by atoms with Gasteiger partial charge in [-0.25, -0.2) is 0 Å². The average Bonchev–Trinajstić information content (AvgIpc) is 2.26. The van der Waals surface area contributed by atoms with Gasteiger partial charge in [-0.15, -0.1) is 0 Å². The first kappa shape index (κ1) is 13.9. The fraction of sp³-hybridized carbons (Fsp3) is 0.0769. The Balaban J connectivity index is 2.36. The van der Waals surface area contributed by atoms with Gasteiger partial charge in [-0.1, -0.05) is 22.0 Å². The predicted octanol–water partition coefficient (Wildman–Crippen LogP) is 3.23. The standard InChI is InChI=1S/C13H11BrO4S/c1-9-5-11(15)8-12(6-9)18-19(16,17)13-4-2-3-10(14)7-13/h2-8,15H,1H3. The Kier molecular flexibility index (Phi) is 3.82. The maximum absolute atomic E-state index is 12.1. The molecule has 0 aliphatic rings. The summed E-state index contributed by atoms with van der Waals surface area (Å²) in [5, 5.41) is 9.42. The first-order chi connectivity index (χ1) is 8.87. The van der Waals surface area contributed by atoms with Gasteiger partial charge in [0.2, 0.25) is 0 Å². The summed E-state index contributed by atoms with van der Waals surface area (Å²) in [7, 11) is -3.91. The Morgan fingerprint density at radius 1 is 1.16 bits per heavy atom. The van der Waals surface area contributed by atoms with E-state index in [0.717, 1.165) is 0 Å². The van der Waals surface area contributed by atoms with Crippen molar-refractivity contribution in [1.82, 2.24) is 0 Å². The molecular weight excluding hydrogens is 332 g/mol. The molecule has 0 unspecified atom stereocenters. The maximum Gasteiger partial charge on any atom is 0.339 e. The highest BCUT2D eigenvalue weighted by atomic mass is 79.9. The number of rotatable bonds is 3. The van der Waals surface area contributed by atoms with Crippen LogP contribution in [0.2, 0.25) is 0 Å². The molecule has 0 spiro atoms. The van der Waals surface area contributed by atoms with Crippen LogP contribution in [0.25, 0.3) is 0 Å². The molecule has 0 amide bonds. The summed E-state index contributed by atoms with van der Waals surface area (Å²) in [5.74, 6) is 0.0388. The van der Waals surface area contributed by atoms with E-state index in [4.69, 9.17) is 4.18 Å². The van der Waals surface area contributed by atoms with Gasteiger partial charge >= 0.3 is 10.1 Å². The van der Waals surface area contributed by atoms with Crippen LogP contribution in [0.3, 0.4) is 0 Å². The van der Waals surface area contributed by atoms with Gasteiger partial charge in [0, 0.05) is 10.5 Å². The fourth-order valence-corrected chi connectivity index (χ4v) is 3.09. The van der Waals surface area contributed by atoms with Crippen molar-refractivity contribution in [2.75, 3.05) is 0 Å². The summed E-state index contributed by atoms with van der Waals surface area (Å²) >= 11 is 3.20. The molecule has 0 atom stereocenters. The molecule has 1 N–H and O–H groups in total. The second-order valence-corrected chi connectivity index (χ2v) is 6.46. The predicted molar refractivity (Wildman–Crippen MR) is 74.8 cm³/mol. The van der Waals surface area contributed by atoms with E-state index in [-0.39, 0.29) is 16.4 Å². The molecule has 2 aromatic rings. The van der Waals surface area contributed by atoms with Crippen LogP contribution in [0, 0.1) is 6.92 Å². The number of phenolic OH excluding ortho intramolecular Hbond substituents is 1. The smallest absolute Gasteiger partial charge is 0.339 e. The normalized spacial score (nSPS) is 11.3. The molecular formula is C13H11BrO4S. The van der Waals surface area contributed by atoms with Crippen molar-refractivity contribution in [3.05, 3.63) is 52.5 Å². The molecule has 0 aliphatic heterocycles.